The molecular formula is C21H21NO7. The van der Waals surface area contributed by atoms with E-state index in [2.05, 4.69) is 0 Å². The Morgan fingerprint density at radius 2 is 1.48 bits per heavy atom. The van der Waals surface area contributed by atoms with Crippen molar-refractivity contribution >= 4 is 23.4 Å². The van der Waals surface area contributed by atoms with Gasteiger partial charge >= 0.3 is 11.9 Å². The number of nitro groups is 1. The maximum atomic E-state index is 12.3. The van der Waals surface area contributed by atoms with Crippen LogP contribution in [-0.4, -0.2) is 35.9 Å². The summed E-state index contributed by atoms with van der Waals surface area (Å²) in [6.07, 6.45) is 0. The van der Waals surface area contributed by atoms with Crippen molar-refractivity contribution in [1.82, 2.24) is 0 Å². The zero-order chi connectivity index (χ0) is 21.6. The molecule has 0 spiro atoms. The fourth-order valence-corrected chi connectivity index (χ4v) is 2.52. The maximum absolute atomic E-state index is 12.3. The SMILES string of the molecule is CCOC(=O)c1cc(C(=O)OCC(=O)c2ccc(C(C)C)cc2)cc([N+](=O)[O-])c1. The molecule has 2 rings (SSSR count). The number of benzene rings is 2. The van der Waals surface area contributed by atoms with Crippen LogP contribution in [0.2, 0.25) is 0 Å². The van der Waals surface area contributed by atoms with Crippen LogP contribution in [0.25, 0.3) is 0 Å². The van der Waals surface area contributed by atoms with Crippen LogP contribution in [0.4, 0.5) is 5.69 Å². The van der Waals surface area contributed by atoms with Gasteiger partial charge in [-0.25, -0.2) is 9.59 Å². The van der Waals surface area contributed by atoms with Gasteiger partial charge in [0.1, 0.15) is 0 Å². The Morgan fingerprint density at radius 1 is 0.931 bits per heavy atom. The number of rotatable bonds is 8. The van der Waals surface area contributed by atoms with E-state index in [4.69, 9.17) is 9.47 Å². The van der Waals surface area contributed by atoms with E-state index in [1.807, 2.05) is 26.0 Å². The Morgan fingerprint density at radius 3 is 1.97 bits per heavy atom. The molecule has 0 heterocycles. The Kier molecular flexibility index (Phi) is 7.19. The Bertz CT molecular complexity index is 933. The van der Waals surface area contributed by atoms with Crippen LogP contribution in [0.15, 0.2) is 42.5 Å². The third-order valence-corrected chi connectivity index (χ3v) is 4.11. The highest BCUT2D eigenvalue weighted by Crippen LogP contribution is 2.19. The van der Waals surface area contributed by atoms with Gasteiger partial charge < -0.3 is 9.47 Å². The molecule has 0 saturated carbocycles. The summed E-state index contributed by atoms with van der Waals surface area (Å²) in [4.78, 5) is 46.7. The Balaban J connectivity index is 2.14. The van der Waals surface area contributed by atoms with Crippen LogP contribution >= 0.6 is 0 Å². The number of hydrogen-bond acceptors (Lipinski definition) is 7. The number of non-ortho nitro benzene ring substituents is 1. The number of nitrogens with zero attached hydrogens (tertiary/aromatic N) is 1. The molecule has 0 saturated heterocycles. The van der Waals surface area contributed by atoms with E-state index in [-0.39, 0.29) is 17.7 Å². The van der Waals surface area contributed by atoms with Gasteiger partial charge in [0, 0.05) is 17.7 Å². The Hall–Kier alpha value is -3.55. The van der Waals surface area contributed by atoms with E-state index in [1.54, 1.807) is 19.1 Å². The van der Waals surface area contributed by atoms with Crippen LogP contribution in [0.5, 0.6) is 0 Å². The molecule has 0 fully saturated rings. The first kappa shape index (κ1) is 21.7. The van der Waals surface area contributed by atoms with Crippen LogP contribution < -0.4 is 0 Å². The van der Waals surface area contributed by atoms with Crippen molar-refractivity contribution in [1.29, 1.82) is 0 Å². The minimum absolute atomic E-state index is 0.0748. The second kappa shape index (κ2) is 9.59. The quantitative estimate of drug-likeness (QED) is 0.286. The average Bonchev–Trinajstić information content (AvgIpc) is 2.71. The summed E-state index contributed by atoms with van der Waals surface area (Å²) >= 11 is 0. The van der Waals surface area contributed by atoms with Crippen molar-refractivity contribution in [2.45, 2.75) is 26.7 Å². The molecule has 0 unspecified atom stereocenters. The van der Waals surface area contributed by atoms with Gasteiger partial charge in [-0.05, 0) is 24.5 Å². The third kappa shape index (κ3) is 5.71. The molecule has 0 aromatic heterocycles. The number of ketones is 1. The molecule has 0 atom stereocenters. The van der Waals surface area contributed by atoms with Crippen LogP contribution in [0.1, 0.15) is 63.3 Å². The zero-order valence-corrected chi connectivity index (χ0v) is 16.3. The molecule has 2 aromatic rings. The molecule has 0 bridgehead atoms. The first-order chi connectivity index (χ1) is 13.7. The minimum Gasteiger partial charge on any atom is -0.462 e. The van der Waals surface area contributed by atoms with Crippen molar-refractivity contribution in [3.8, 4) is 0 Å². The van der Waals surface area contributed by atoms with E-state index in [9.17, 15) is 24.5 Å². The number of ether oxygens (including phenoxy) is 2. The van der Waals surface area contributed by atoms with Gasteiger partial charge in [0.05, 0.1) is 22.7 Å². The van der Waals surface area contributed by atoms with Crippen LogP contribution in [-0.2, 0) is 9.47 Å². The summed E-state index contributed by atoms with van der Waals surface area (Å²) in [6, 6.07) is 10.1. The maximum Gasteiger partial charge on any atom is 0.338 e. The highest BCUT2D eigenvalue weighted by atomic mass is 16.6. The first-order valence-corrected chi connectivity index (χ1v) is 8.99. The summed E-state index contributed by atoms with van der Waals surface area (Å²) in [6.45, 7) is 5.19. The molecule has 2 aromatic carbocycles. The van der Waals surface area contributed by atoms with E-state index < -0.39 is 34.9 Å². The number of carbonyl (C=O) groups excluding carboxylic acids is 3. The van der Waals surface area contributed by atoms with Gasteiger partial charge in [0.2, 0.25) is 0 Å². The summed E-state index contributed by atoms with van der Waals surface area (Å²) < 4.78 is 9.80. The first-order valence-electron chi connectivity index (χ1n) is 8.99. The second-order valence-corrected chi connectivity index (χ2v) is 6.52. The van der Waals surface area contributed by atoms with Crippen molar-refractivity contribution in [3.05, 3.63) is 74.8 Å². The largest absolute Gasteiger partial charge is 0.462 e. The molecule has 152 valence electrons. The zero-order valence-electron chi connectivity index (χ0n) is 16.3. The van der Waals surface area contributed by atoms with Gasteiger partial charge in [-0.2, -0.15) is 0 Å². The fraction of sp³-hybridized carbons (Fsp3) is 0.286. The van der Waals surface area contributed by atoms with Gasteiger partial charge in [0.25, 0.3) is 5.69 Å². The lowest BCUT2D eigenvalue weighted by Gasteiger charge is -2.08. The normalized spacial score (nSPS) is 10.5. The number of carbonyl (C=O) groups is 3. The summed E-state index contributed by atoms with van der Waals surface area (Å²) in [5.74, 6) is -1.85. The molecule has 0 radical (unpaired) electrons. The number of nitro benzene ring substituents is 1. The molecule has 0 aliphatic heterocycles. The summed E-state index contributed by atoms with van der Waals surface area (Å²) in [5.41, 5.74) is 0.627. The number of hydrogen-bond donors (Lipinski definition) is 0. The molecule has 0 aliphatic carbocycles. The highest BCUT2D eigenvalue weighted by Gasteiger charge is 2.20. The van der Waals surface area contributed by atoms with Crippen LogP contribution in [0, 0.1) is 10.1 Å². The van der Waals surface area contributed by atoms with E-state index in [1.165, 1.54) is 0 Å². The van der Waals surface area contributed by atoms with Crippen LogP contribution in [0.3, 0.4) is 0 Å². The number of Topliss-reactive ketones (excluding diaryl/α,β-unsaturated/α-hetero) is 1. The van der Waals surface area contributed by atoms with E-state index >= 15 is 0 Å². The fourth-order valence-electron chi connectivity index (χ4n) is 2.52. The van der Waals surface area contributed by atoms with Gasteiger partial charge in [-0.1, -0.05) is 38.1 Å². The summed E-state index contributed by atoms with van der Waals surface area (Å²) in [7, 11) is 0. The molecule has 29 heavy (non-hydrogen) atoms. The van der Waals surface area contributed by atoms with Crippen molar-refractivity contribution in [3.63, 3.8) is 0 Å². The minimum atomic E-state index is -0.952. The second-order valence-electron chi connectivity index (χ2n) is 6.52. The predicted molar refractivity (Wildman–Crippen MR) is 104 cm³/mol. The highest BCUT2D eigenvalue weighted by molar-refractivity contribution is 6.00. The molecular weight excluding hydrogens is 378 g/mol. The Labute approximate surface area is 167 Å². The molecule has 8 nitrogen and oxygen atoms in total. The van der Waals surface area contributed by atoms with E-state index in [0.29, 0.717) is 11.5 Å². The average molecular weight is 399 g/mol. The lowest BCUT2D eigenvalue weighted by atomic mass is 10.0. The van der Waals surface area contributed by atoms with Crippen molar-refractivity contribution in [2.75, 3.05) is 13.2 Å². The molecule has 0 amide bonds. The molecule has 0 N–H and O–H groups in total. The molecule has 8 heteroatoms. The van der Waals surface area contributed by atoms with Crippen molar-refractivity contribution in [2.24, 2.45) is 0 Å². The topological polar surface area (TPSA) is 113 Å². The predicted octanol–water partition coefficient (Wildman–Crippen LogP) is 3.93. The molecule has 0 aliphatic rings. The smallest absolute Gasteiger partial charge is 0.338 e. The third-order valence-electron chi connectivity index (χ3n) is 4.11. The standard InChI is InChI=1S/C21H21NO7/c1-4-28-20(24)16-9-17(11-18(10-16)22(26)27)21(25)29-12-19(23)15-7-5-14(6-8-15)13(2)3/h5-11,13H,4,12H2,1-3H3. The van der Waals surface area contributed by atoms with Gasteiger partial charge in [-0.15, -0.1) is 0 Å². The lowest BCUT2D eigenvalue weighted by Crippen LogP contribution is -2.15. The van der Waals surface area contributed by atoms with Gasteiger partial charge in [0.15, 0.2) is 12.4 Å². The monoisotopic (exact) mass is 399 g/mol. The van der Waals surface area contributed by atoms with E-state index in [0.717, 1.165) is 23.8 Å². The summed E-state index contributed by atoms with van der Waals surface area (Å²) in [5, 5.41) is 11.1. The number of esters is 2. The lowest BCUT2D eigenvalue weighted by molar-refractivity contribution is -0.384. The van der Waals surface area contributed by atoms with Gasteiger partial charge in [-0.3, -0.25) is 14.9 Å². The van der Waals surface area contributed by atoms with Crippen molar-refractivity contribution < 1.29 is 28.8 Å².